The van der Waals surface area contributed by atoms with Crippen LogP contribution in [0.4, 0.5) is 0 Å². The fourth-order valence-electron chi connectivity index (χ4n) is 2.31. The van der Waals surface area contributed by atoms with Crippen molar-refractivity contribution in [3.63, 3.8) is 0 Å². The average Bonchev–Trinajstić information content (AvgIpc) is 2.97. The zero-order chi connectivity index (χ0) is 15.4. The van der Waals surface area contributed by atoms with Crippen molar-refractivity contribution in [3.8, 4) is 5.75 Å². The molecule has 112 valence electrons. The number of carbonyl (C=O) groups excluding carboxylic acids is 1. The van der Waals surface area contributed by atoms with Crippen LogP contribution in [0.5, 0.6) is 5.75 Å². The molecule has 0 aliphatic rings. The zero-order valence-corrected chi connectivity index (χ0v) is 12.4. The van der Waals surface area contributed by atoms with Crippen LogP contribution in [0.2, 0.25) is 0 Å². The number of hydrogen-bond acceptors (Lipinski definition) is 2. The minimum atomic E-state index is -0.0922. The normalized spacial score (nSPS) is 10.6. The van der Waals surface area contributed by atoms with Gasteiger partial charge in [-0.1, -0.05) is 30.3 Å². The number of amides is 1. The topological polar surface area (TPSA) is 54.1 Å². The van der Waals surface area contributed by atoms with Gasteiger partial charge in [0.2, 0.25) is 0 Å². The van der Waals surface area contributed by atoms with Gasteiger partial charge in [-0.2, -0.15) is 0 Å². The Hall–Kier alpha value is -2.75. The molecule has 0 radical (unpaired) electrons. The van der Waals surface area contributed by atoms with Crippen LogP contribution in [-0.2, 0) is 6.61 Å². The molecule has 0 atom stereocenters. The molecule has 0 bridgehead atoms. The molecule has 2 N–H and O–H groups in total. The molecule has 0 fully saturated rings. The third-order valence-electron chi connectivity index (χ3n) is 3.42. The van der Waals surface area contributed by atoms with Crippen LogP contribution in [0.1, 0.15) is 23.0 Å². The first-order valence-electron chi connectivity index (χ1n) is 7.34. The van der Waals surface area contributed by atoms with Gasteiger partial charge < -0.3 is 15.0 Å². The number of rotatable bonds is 5. The van der Waals surface area contributed by atoms with Gasteiger partial charge in [0.05, 0.1) is 0 Å². The van der Waals surface area contributed by atoms with Crippen LogP contribution >= 0.6 is 0 Å². The summed E-state index contributed by atoms with van der Waals surface area (Å²) in [4.78, 5) is 15.0. The summed E-state index contributed by atoms with van der Waals surface area (Å²) < 4.78 is 5.80. The molecule has 3 aromatic rings. The Balaban J connectivity index is 1.76. The first-order chi connectivity index (χ1) is 10.8. The van der Waals surface area contributed by atoms with Crippen molar-refractivity contribution >= 4 is 16.8 Å². The van der Waals surface area contributed by atoms with Crippen molar-refractivity contribution in [3.05, 3.63) is 65.9 Å². The molecule has 0 aliphatic carbocycles. The second-order valence-corrected chi connectivity index (χ2v) is 5.07. The van der Waals surface area contributed by atoms with Gasteiger partial charge in [-0.05, 0) is 30.7 Å². The van der Waals surface area contributed by atoms with Crippen LogP contribution in [0.25, 0.3) is 10.9 Å². The summed E-state index contributed by atoms with van der Waals surface area (Å²) in [5.41, 5.74) is 2.58. The summed E-state index contributed by atoms with van der Waals surface area (Å²) in [5, 5.41) is 3.78. The Morgan fingerprint density at radius 3 is 2.73 bits per heavy atom. The maximum Gasteiger partial charge on any atom is 0.267 e. The summed E-state index contributed by atoms with van der Waals surface area (Å²) >= 11 is 0. The number of ether oxygens (including phenoxy) is 1. The number of benzene rings is 2. The summed E-state index contributed by atoms with van der Waals surface area (Å²) in [6, 6.07) is 17.7. The molecular formula is C18H18N2O2. The average molecular weight is 294 g/mol. The SMILES string of the molecule is CCNC(=O)c1cc2ccc(OCc3ccccc3)cc2[nH]1. The van der Waals surface area contributed by atoms with E-state index in [0.717, 1.165) is 22.2 Å². The van der Waals surface area contributed by atoms with Crippen molar-refractivity contribution in [1.82, 2.24) is 10.3 Å². The van der Waals surface area contributed by atoms with Crippen molar-refractivity contribution < 1.29 is 9.53 Å². The highest BCUT2D eigenvalue weighted by atomic mass is 16.5. The van der Waals surface area contributed by atoms with Crippen LogP contribution in [0, 0.1) is 0 Å². The number of fused-ring (bicyclic) bond motifs is 1. The highest BCUT2D eigenvalue weighted by molar-refractivity contribution is 5.98. The minimum absolute atomic E-state index is 0.0922. The molecule has 4 nitrogen and oxygen atoms in total. The third kappa shape index (κ3) is 3.11. The van der Waals surface area contributed by atoms with Gasteiger partial charge in [0.15, 0.2) is 0 Å². The highest BCUT2D eigenvalue weighted by Crippen LogP contribution is 2.22. The molecule has 3 rings (SSSR count). The second-order valence-electron chi connectivity index (χ2n) is 5.07. The summed E-state index contributed by atoms with van der Waals surface area (Å²) in [6.07, 6.45) is 0. The number of aromatic amines is 1. The summed E-state index contributed by atoms with van der Waals surface area (Å²) in [6.45, 7) is 3.03. The van der Waals surface area contributed by atoms with E-state index in [0.29, 0.717) is 18.8 Å². The second kappa shape index (κ2) is 6.35. The van der Waals surface area contributed by atoms with E-state index in [-0.39, 0.29) is 5.91 Å². The largest absolute Gasteiger partial charge is 0.489 e. The minimum Gasteiger partial charge on any atom is -0.489 e. The van der Waals surface area contributed by atoms with E-state index in [1.165, 1.54) is 0 Å². The Morgan fingerprint density at radius 1 is 1.14 bits per heavy atom. The van der Waals surface area contributed by atoms with E-state index >= 15 is 0 Å². The fourth-order valence-corrected chi connectivity index (χ4v) is 2.31. The monoisotopic (exact) mass is 294 g/mol. The molecule has 1 amide bonds. The lowest BCUT2D eigenvalue weighted by atomic mass is 10.2. The van der Waals surface area contributed by atoms with Gasteiger partial charge in [-0.15, -0.1) is 0 Å². The number of H-pyrrole nitrogens is 1. The van der Waals surface area contributed by atoms with E-state index in [1.807, 2.05) is 61.5 Å². The van der Waals surface area contributed by atoms with Gasteiger partial charge in [-0.3, -0.25) is 4.79 Å². The van der Waals surface area contributed by atoms with Gasteiger partial charge in [-0.25, -0.2) is 0 Å². The van der Waals surface area contributed by atoms with Gasteiger partial charge in [0.25, 0.3) is 5.91 Å². The van der Waals surface area contributed by atoms with E-state index in [1.54, 1.807) is 0 Å². The standard InChI is InChI=1S/C18H18N2O2/c1-2-19-18(21)17-10-14-8-9-15(11-16(14)20-17)22-12-13-6-4-3-5-7-13/h3-11,20H,2,12H2,1H3,(H,19,21). The van der Waals surface area contributed by atoms with Crippen molar-refractivity contribution in [2.24, 2.45) is 0 Å². The molecule has 0 saturated carbocycles. The third-order valence-corrected chi connectivity index (χ3v) is 3.42. The molecule has 0 unspecified atom stereocenters. The lowest BCUT2D eigenvalue weighted by Crippen LogP contribution is -2.22. The van der Waals surface area contributed by atoms with E-state index in [4.69, 9.17) is 4.74 Å². The van der Waals surface area contributed by atoms with E-state index in [2.05, 4.69) is 10.3 Å². The number of hydrogen-bond donors (Lipinski definition) is 2. The molecule has 0 aliphatic heterocycles. The van der Waals surface area contributed by atoms with Crippen molar-refractivity contribution in [2.45, 2.75) is 13.5 Å². The van der Waals surface area contributed by atoms with Crippen molar-refractivity contribution in [2.75, 3.05) is 6.54 Å². The fraction of sp³-hybridized carbons (Fsp3) is 0.167. The lowest BCUT2D eigenvalue weighted by Gasteiger charge is -2.06. The van der Waals surface area contributed by atoms with Crippen LogP contribution in [0.15, 0.2) is 54.6 Å². The maximum atomic E-state index is 11.8. The van der Waals surface area contributed by atoms with E-state index in [9.17, 15) is 4.79 Å². The number of aromatic nitrogens is 1. The predicted octanol–water partition coefficient (Wildman–Crippen LogP) is 3.50. The van der Waals surface area contributed by atoms with Gasteiger partial charge >= 0.3 is 0 Å². The molecule has 0 saturated heterocycles. The Bertz CT molecular complexity index is 778. The quantitative estimate of drug-likeness (QED) is 0.756. The zero-order valence-electron chi connectivity index (χ0n) is 12.4. The van der Waals surface area contributed by atoms with Crippen molar-refractivity contribution in [1.29, 1.82) is 0 Å². The van der Waals surface area contributed by atoms with Gasteiger partial charge in [0.1, 0.15) is 18.1 Å². The Kier molecular flexibility index (Phi) is 4.10. The van der Waals surface area contributed by atoms with Gasteiger partial charge in [0, 0.05) is 23.5 Å². The molecule has 0 spiro atoms. The first kappa shape index (κ1) is 14.2. The van der Waals surface area contributed by atoms with Crippen LogP contribution in [0.3, 0.4) is 0 Å². The van der Waals surface area contributed by atoms with Crippen LogP contribution in [-0.4, -0.2) is 17.4 Å². The van der Waals surface area contributed by atoms with Crippen LogP contribution < -0.4 is 10.1 Å². The predicted molar refractivity (Wildman–Crippen MR) is 87.1 cm³/mol. The molecule has 2 aromatic carbocycles. The maximum absolute atomic E-state index is 11.8. The molecular weight excluding hydrogens is 276 g/mol. The summed E-state index contributed by atoms with van der Waals surface area (Å²) in [7, 11) is 0. The smallest absolute Gasteiger partial charge is 0.267 e. The molecule has 1 aromatic heterocycles. The lowest BCUT2D eigenvalue weighted by molar-refractivity contribution is 0.0951. The van der Waals surface area contributed by atoms with E-state index < -0.39 is 0 Å². The summed E-state index contributed by atoms with van der Waals surface area (Å²) in [5.74, 6) is 0.686. The Labute approximate surface area is 129 Å². The number of carbonyl (C=O) groups is 1. The highest BCUT2D eigenvalue weighted by Gasteiger charge is 2.09. The number of nitrogens with one attached hydrogen (secondary N) is 2. The molecule has 1 heterocycles. The Morgan fingerprint density at radius 2 is 1.95 bits per heavy atom. The first-order valence-corrected chi connectivity index (χ1v) is 7.34. The molecule has 22 heavy (non-hydrogen) atoms. The molecule has 4 heteroatoms.